The molecule has 1 saturated heterocycles. The molecule has 15 heteroatoms. The predicted molar refractivity (Wildman–Crippen MR) is 209 cm³/mol. The third kappa shape index (κ3) is 8.61. The Morgan fingerprint density at radius 1 is 0.982 bits per heavy atom. The molecule has 0 unspecified atom stereocenters. The maximum atomic E-state index is 13.8. The number of esters is 1. The second-order valence-electron chi connectivity index (χ2n) is 13.6. The van der Waals surface area contributed by atoms with Crippen LogP contribution < -0.4 is 20.1 Å². The van der Waals surface area contributed by atoms with E-state index in [9.17, 15) is 24.9 Å². The van der Waals surface area contributed by atoms with E-state index in [4.69, 9.17) is 18.6 Å². The van der Waals surface area contributed by atoms with Crippen LogP contribution >= 0.6 is 0 Å². The smallest absolute Gasteiger partial charge is 0.338 e. The van der Waals surface area contributed by atoms with Crippen LogP contribution in [0, 0.1) is 0 Å². The second kappa shape index (κ2) is 18.2. The molecule has 0 bridgehead atoms. The number of carbonyl (C=O) groups excluding carboxylic acids is 2. The number of fused-ring (bicyclic) bond motifs is 2. The summed E-state index contributed by atoms with van der Waals surface area (Å²) < 4.78 is 27.6. The molecule has 56 heavy (non-hydrogen) atoms. The summed E-state index contributed by atoms with van der Waals surface area (Å²) >= 11 is 0. The average molecular weight is 772 g/mol. The number of nitrogens with zero attached hydrogens (tertiary/aromatic N) is 5. The van der Waals surface area contributed by atoms with E-state index in [-0.39, 0.29) is 19.8 Å². The number of amides is 1. The van der Waals surface area contributed by atoms with Gasteiger partial charge in [0.1, 0.15) is 61.1 Å². The van der Waals surface area contributed by atoms with Crippen LogP contribution in [0.25, 0.3) is 33.4 Å². The van der Waals surface area contributed by atoms with Gasteiger partial charge in [-0.2, -0.15) is 0 Å². The van der Waals surface area contributed by atoms with Crippen molar-refractivity contribution in [3.05, 3.63) is 83.5 Å². The van der Waals surface area contributed by atoms with Gasteiger partial charge in [-0.05, 0) is 57.5 Å². The zero-order valence-corrected chi connectivity index (χ0v) is 32.4. The lowest BCUT2D eigenvalue weighted by Crippen LogP contribution is -2.64. The van der Waals surface area contributed by atoms with Gasteiger partial charge in [-0.3, -0.25) is 4.79 Å². The highest BCUT2D eigenvalue weighted by Gasteiger charge is 2.45. The number of ether oxygens (including phenoxy) is 3. The van der Waals surface area contributed by atoms with Gasteiger partial charge < -0.3 is 44.2 Å². The fourth-order valence-electron chi connectivity index (χ4n) is 7.21. The maximum absolute atomic E-state index is 13.8. The average Bonchev–Trinajstić information content (AvgIpc) is 3.66. The molecule has 1 aliphatic carbocycles. The van der Waals surface area contributed by atoms with Crippen LogP contribution in [0.5, 0.6) is 0 Å². The van der Waals surface area contributed by atoms with E-state index in [1.54, 1.807) is 12.3 Å². The summed E-state index contributed by atoms with van der Waals surface area (Å²) in [6, 6.07) is 18.8. The molecule has 0 spiro atoms. The number of aliphatic hydroxyl groups is 3. The quantitative estimate of drug-likeness (QED) is 0.0695. The van der Waals surface area contributed by atoms with Crippen LogP contribution in [0.15, 0.2) is 71.3 Å². The highest BCUT2D eigenvalue weighted by atomic mass is 16.7. The molecule has 6 rings (SSSR count). The molecular formula is C41H51N6O9+. The third-order valence-electron chi connectivity index (χ3n) is 10.1. The molecular weight excluding hydrogens is 720 g/mol. The Bertz CT molecular complexity index is 2170. The molecule has 298 valence electrons. The van der Waals surface area contributed by atoms with Gasteiger partial charge in [0.15, 0.2) is 6.29 Å². The Kier molecular flexibility index (Phi) is 13.1. The van der Waals surface area contributed by atoms with E-state index < -0.39 is 49.1 Å². The van der Waals surface area contributed by atoms with Crippen molar-refractivity contribution in [2.75, 3.05) is 44.3 Å². The molecule has 3 aliphatic rings. The van der Waals surface area contributed by atoms with Crippen LogP contribution in [0.1, 0.15) is 50.7 Å². The summed E-state index contributed by atoms with van der Waals surface area (Å²) in [4.78, 5) is 27.8. The number of rotatable bonds is 15. The zero-order chi connectivity index (χ0) is 39.9. The number of hydrogen-bond donors (Lipinski definition) is 4. The van der Waals surface area contributed by atoms with Gasteiger partial charge in [0.25, 0.3) is 0 Å². The van der Waals surface area contributed by atoms with Crippen molar-refractivity contribution in [3.8, 4) is 22.5 Å². The van der Waals surface area contributed by atoms with Crippen LogP contribution in [0.3, 0.4) is 0 Å². The van der Waals surface area contributed by atoms with Crippen LogP contribution in [0.4, 0.5) is 5.69 Å². The summed E-state index contributed by atoms with van der Waals surface area (Å²) in [6.07, 6.45) is -3.54. The Hall–Kier alpha value is -5.19. The minimum absolute atomic E-state index is 0.00149. The lowest BCUT2D eigenvalue weighted by atomic mass is 9.90. The molecule has 4 N–H and O–H groups in total. The summed E-state index contributed by atoms with van der Waals surface area (Å²) in [6.45, 7) is 12.7. The van der Waals surface area contributed by atoms with Gasteiger partial charge >= 0.3 is 5.97 Å². The molecule has 0 radical (unpaired) electrons. The van der Waals surface area contributed by atoms with E-state index in [0.717, 1.165) is 59.3 Å². The van der Waals surface area contributed by atoms with Crippen molar-refractivity contribution in [2.24, 2.45) is 0 Å². The Balaban J connectivity index is 1.21. The van der Waals surface area contributed by atoms with Gasteiger partial charge in [-0.15, -0.1) is 5.10 Å². The minimum Gasteiger partial charge on any atom is -0.460 e. The third-order valence-corrected chi connectivity index (χ3v) is 10.1. The first-order valence-corrected chi connectivity index (χ1v) is 19.1. The Morgan fingerprint density at radius 3 is 2.46 bits per heavy atom. The molecule has 1 aromatic heterocycles. The van der Waals surface area contributed by atoms with Crippen LogP contribution in [-0.4, -0.2) is 112 Å². The minimum atomic E-state index is -1.43. The predicted octanol–water partition coefficient (Wildman–Crippen LogP) is 2.77. The van der Waals surface area contributed by atoms with E-state index in [2.05, 4.69) is 89.2 Å². The molecule has 5 atom stereocenters. The van der Waals surface area contributed by atoms with E-state index >= 15 is 0 Å². The first kappa shape index (κ1) is 40.5. The standard InChI is InChI=1S/C41H50N6O9/c1-6-45(7-2)27-14-16-31-33(20-27)55-34-21-28(46(8-3)9-4)15-17-32(34)36(31)29-12-10-11-13-30(29)40(52)53-19-18-47-22-26(43-44-47)24-54-41-37(42-25(5)49)39(51)38(50)35(23-48)56-41/h10-17,20-22,35,37-39,41,48,50-51H,6-9,18-19,23-24H2,1-5H3/p+1/t35-,37-,38-,39-,41+/m1/s1. The summed E-state index contributed by atoms with van der Waals surface area (Å²) in [5.74, 6) is -0.243. The first-order chi connectivity index (χ1) is 27.1. The van der Waals surface area contributed by atoms with Gasteiger partial charge in [0, 0.05) is 54.3 Å². The van der Waals surface area contributed by atoms with Crippen LogP contribution in [0.2, 0.25) is 0 Å². The van der Waals surface area contributed by atoms with Gasteiger partial charge in [0.2, 0.25) is 11.3 Å². The number of nitrogens with one attached hydrogen (secondary N) is 1. The van der Waals surface area contributed by atoms with Gasteiger partial charge in [0.05, 0.1) is 37.6 Å². The highest BCUT2D eigenvalue weighted by Crippen LogP contribution is 2.42. The lowest BCUT2D eigenvalue weighted by Gasteiger charge is -2.42. The number of hydrogen-bond acceptors (Lipinski definition) is 12. The lowest BCUT2D eigenvalue weighted by molar-refractivity contribution is -0.273. The van der Waals surface area contributed by atoms with Crippen LogP contribution in [-0.2, 0) is 32.2 Å². The molecule has 15 nitrogen and oxygen atoms in total. The summed E-state index contributed by atoms with van der Waals surface area (Å²) in [7, 11) is 0. The number of aromatic nitrogens is 3. The first-order valence-electron chi connectivity index (χ1n) is 19.1. The normalized spacial score (nSPS) is 19.6. The number of aliphatic hydroxyl groups excluding tert-OH is 3. The molecule has 1 amide bonds. The van der Waals surface area contributed by atoms with Crippen molar-refractivity contribution in [3.63, 3.8) is 0 Å². The SMILES string of the molecule is CCN(CC)c1ccc2c(-c3ccccc3C(=O)OCCn3cc(CO[C@H]4O[C@H](CO)[C@@H](O)[C@H](O)[C@H]4NC(C)=O)nn3)c3ccc(=[N+](CC)CC)cc-3oc2c1. The molecule has 3 heterocycles. The molecule has 2 aliphatic heterocycles. The molecule has 1 fully saturated rings. The monoisotopic (exact) mass is 771 g/mol. The number of benzene rings is 3. The summed E-state index contributed by atoms with van der Waals surface area (Å²) in [5.41, 5.74) is 5.04. The van der Waals surface area contributed by atoms with Crippen molar-refractivity contribution in [1.82, 2.24) is 24.9 Å². The molecule has 2 aromatic carbocycles. The maximum Gasteiger partial charge on any atom is 0.338 e. The van der Waals surface area contributed by atoms with Crippen molar-refractivity contribution < 1.29 is 43.5 Å². The van der Waals surface area contributed by atoms with Crippen molar-refractivity contribution in [2.45, 2.75) is 78.4 Å². The fourth-order valence-corrected chi connectivity index (χ4v) is 7.21. The van der Waals surface area contributed by atoms with Gasteiger partial charge in [-0.1, -0.05) is 23.4 Å². The van der Waals surface area contributed by atoms with E-state index in [1.807, 2.05) is 18.2 Å². The zero-order valence-electron chi connectivity index (χ0n) is 32.4. The topological polar surface area (TPSA) is 185 Å². The Morgan fingerprint density at radius 2 is 1.75 bits per heavy atom. The number of anilines is 1. The van der Waals surface area contributed by atoms with Gasteiger partial charge in [-0.25, -0.2) is 14.1 Å². The fraction of sp³-hybridized carbons (Fsp3) is 0.439. The molecule has 3 aromatic rings. The second-order valence-corrected chi connectivity index (χ2v) is 13.6. The molecule has 0 saturated carbocycles. The van der Waals surface area contributed by atoms with E-state index in [0.29, 0.717) is 22.6 Å². The highest BCUT2D eigenvalue weighted by molar-refractivity contribution is 6.08. The summed E-state index contributed by atoms with van der Waals surface area (Å²) in [5, 5.41) is 43.0. The van der Waals surface area contributed by atoms with E-state index in [1.165, 1.54) is 11.6 Å². The largest absolute Gasteiger partial charge is 0.460 e. The van der Waals surface area contributed by atoms with Crippen molar-refractivity contribution >= 4 is 28.5 Å². The van der Waals surface area contributed by atoms with Crippen molar-refractivity contribution in [1.29, 1.82) is 0 Å². The number of carbonyl (C=O) groups is 2. The Labute approximate surface area is 325 Å².